The topological polar surface area (TPSA) is 38.9 Å². The third kappa shape index (κ3) is 2.18. The van der Waals surface area contributed by atoms with Crippen molar-refractivity contribution >= 4 is 29.6 Å². The van der Waals surface area contributed by atoms with Crippen LogP contribution in [0.4, 0.5) is 0 Å². The normalized spacial score (nSPS) is 18.0. The first-order chi connectivity index (χ1) is 7.11. The molecule has 1 aliphatic carbocycles. The first kappa shape index (κ1) is 10.2. The lowest BCUT2D eigenvalue weighted by molar-refractivity contribution is 0.671. The highest BCUT2D eigenvalue weighted by molar-refractivity contribution is 7.10. The summed E-state index contributed by atoms with van der Waals surface area (Å²) in [5.74, 6) is 0. The van der Waals surface area contributed by atoms with E-state index in [0.29, 0.717) is 0 Å². The largest absolute Gasteiger partial charge is 0.405 e. The molecule has 1 aliphatic rings. The Morgan fingerprint density at radius 2 is 2.27 bits per heavy atom. The molecule has 0 aromatic carbocycles. The molecule has 0 bridgehead atoms. The SMILES string of the molecule is CC1(C)C=CC=c2nc(/C=C/N)sc2=C1. The third-order valence-corrected chi connectivity index (χ3v) is 3.20. The Bertz CT molecular complexity index is 532. The lowest BCUT2D eigenvalue weighted by Gasteiger charge is -2.12. The fourth-order valence-corrected chi connectivity index (χ4v) is 2.61. The zero-order valence-electron chi connectivity index (χ0n) is 8.90. The second-order valence-corrected chi connectivity index (χ2v) is 5.21. The average molecular weight is 218 g/mol. The quantitative estimate of drug-likeness (QED) is 0.770. The van der Waals surface area contributed by atoms with Gasteiger partial charge >= 0.3 is 0 Å². The Balaban J connectivity index is 2.64. The second kappa shape index (κ2) is 3.66. The number of rotatable bonds is 1. The van der Waals surface area contributed by atoms with E-state index in [4.69, 9.17) is 5.73 Å². The number of allylic oxidation sites excluding steroid dienone is 2. The molecule has 0 unspecified atom stereocenters. The van der Waals surface area contributed by atoms with Crippen molar-refractivity contribution in [2.75, 3.05) is 0 Å². The second-order valence-electron chi connectivity index (χ2n) is 4.15. The van der Waals surface area contributed by atoms with Gasteiger partial charge in [-0.05, 0) is 18.4 Å². The number of aromatic nitrogens is 1. The number of fused-ring (bicyclic) bond motifs is 1. The lowest BCUT2D eigenvalue weighted by atomic mass is 9.93. The Labute approximate surface area is 93.2 Å². The van der Waals surface area contributed by atoms with Crippen LogP contribution in [0.5, 0.6) is 0 Å². The fraction of sp³-hybridized carbons (Fsp3) is 0.250. The van der Waals surface area contributed by atoms with Crippen LogP contribution in [0.1, 0.15) is 18.9 Å². The molecule has 2 rings (SSSR count). The Morgan fingerprint density at radius 3 is 3.00 bits per heavy atom. The Hall–Kier alpha value is -1.35. The van der Waals surface area contributed by atoms with Gasteiger partial charge in [0.15, 0.2) is 0 Å². The molecule has 0 saturated carbocycles. The van der Waals surface area contributed by atoms with Crippen molar-refractivity contribution in [3.05, 3.63) is 33.2 Å². The molecule has 0 radical (unpaired) electrons. The van der Waals surface area contributed by atoms with Crippen molar-refractivity contribution in [3.63, 3.8) is 0 Å². The molecule has 1 heterocycles. The zero-order chi connectivity index (χ0) is 10.9. The summed E-state index contributed by atoms with van der Waals surface area (Å²) in [6.45, 7) is 4.37. The summed E-state index contributed by atoms with van der Waals surface area (Å²) in [6, 6.07) is 0. The molecule has 1 aromatic heterocycles. The molecule has 1 aromatic rings. The molecule has 0 spiro atoms. The van der Waals surface area contributed by atoms with Crippen LogP contribution in [-0.2, 0) is 0 Å². The predicted octanol–water partition coefficient (Wildman–Crippen LogP) is 1.23. The van der Waals surface area contributed by atoms with E-state index in [2.05, 4.69) is 37.1 Å². The molecule has 78 valence electrons. The maximum absolute atomic E-state index is 5.35. The van der Waals surface area contributed by atoms with Gasteiger partial charge in [-0.15, -0.1) is 11.3 Å². The minimum Gasteiger partial charge on any atom is -0.405 e. The van der Waals surface area contributed by atoms with Crippen LogP contribution in [0.15, 0.2) is 18.4 Å². The van der Waals surface area contributed by atoms with Gasteiger partial charge in [-0.2, -0.15) is 0 Å². The zero-order valence-corrected chi connectivity index (χ0v) is 9.71. The molecular weight excluding hydrogens is 204 g/mol. The van der Waals surface area contributed by atoms with E-state index in [1.54, 1.807) is 11.3 Å². The minimum atomic E-state index is 0.0952. The van der Waals surface area contributed by atoms with Crippen LogP contribution < -0.4 is 15.6 Å². The summed E-state index contributed by atoms with van der Waals surface area (Å²) in [5, 5.41) is 2.00. The molecule has 2 N–H and O–H groups in total. The molecule has 0 amide bonds. The van der Waals surface area contributed by atoms with Crippen LogP contribution in [0.3, 0.4) is 0 Å². The van der Waals surface area contributed by atoms with Crippen LogP contribution in [0, 0.1) is 5.41 Å². The molecular formula is C12H14N2S. The van der Waals surface area contributed by atoms with Crippen LogP contribution in [0.25, 0.3) is 18.2 Å². The van der Waals surface area contributed by atoms with Crippen molar-refractivity contribution in [2.24, 2.45) is 11.1 Å². The highest BCUT2D eigenvalue weighted by Crippen LogP contribution is 2.20. The molecule has 3 heteroatoms. The minimum absolute atomic E-state index is 0.0952. The number of hydrogen-bond donors (Lipinski definition) is 1. The van der Waals surface area contributed by atoms with E-state index in [1.807, 2.05) is 12.2 Å². The van der Waals surface area contributed by atoms with E-state index in [-0.39, 0.29) is 5.41 Å². The van der Waals surface area contributed by atoms with Crippen molar-refractivity contribution in [1.29, 1.82) is 0 Å². The summed E-state index contributed by atoms with van der Waals surface area (Å²) in [5.41, 5.74) is 5.45. The summed E-state index contributed by atoms with van der Waals surface area (Å²) in [6.07, 6.45) is 11.9. The van der Waals surface area contributed by atoms with Gasteiger partial charge in [-0.1, -0.05) is 32.1 Å². The van der Waals surface area contributed by atoms with Crippen LogP contribution >= 0.6 is 11.3 Å². The van der Waals surface area contributed by atoms with Crippen molar-refractivity contribution in [2.45, 2.75) is 13.8 Å². The van der Waals surface area contributed by atoms with E-state index in [9.17, 15) is 0 Å². The van der Waals surface area contributed by atoms with Gasteiger partial charge < -0.3 is 5.73 Å². The molecule has 0 fully saturated rings. The van der Waals surface area contributed by atoms with Gasteiger partial charge in [0.2, 0.25) is 0 Å². The first-order valence-electron chi connectivity index (χ1n) is 4.88. The third-order valence-electron chi connectivity index (χ3n) is 2.22. The molecule has 2 nitrogen and oxygen atoms in total. The molecule has 0 saturated heterocycles. The lowest BCUT2D eigenvalue weighted by Crippen LogP contribution is -2.21. The Morgan fingerprint density at radius 1 is 1.47 bits per heavy atom. The fourth-order valence-electron chi connectivity index (χ4n) is 1.51. The number of thiazole rings is 1. The van der Waals surface area contributed by atoms with E-state index in [1.165, 1.54) is 10.7 Å². The summed E-state index contributed by atoms with van der Waals surface area (Å²) >= 11 is 1.67. The predicted molar refractivity (Wildman–Crippen MR) is 66.4 cm³/mol. The highest BCUT2D eigenvalue weighted by Gasteiger charge is 2.11. The average Bonchev–Trinajstić information content (AvgIpc) is 2.41. The van der Waals surface area contributed by atoms with Crippen LogP contribution in [0.2, 0.25) is 0 Å². The Kier molecular flexibility index (Phi) is 2.49. The van der Waals surface area contributed by atoms with Gasteiger partial charge in [-0.25, -0.2) is 4.98 Å². The van der Waals surface area contributed by atoms with Crippen molar-refractivity contribution in [3.8, 4) is 0 Å². The van der Waals surface area contributed by atoms with E-state index in [0.717, 1.165) is 10.4 Å². The van der Waals surface area contributed by atoms with Gasteiger partial charge in [-0.3, -0.25) is 0 Å². The van der Waals surface area contributed by atoms with Gasteiger partial charge in [0.05, 0.1) is 9.88 Å². The van der Waals surface area contributed by atoms with E-state index >= 15 is 0 Å². The maximum Gasteiger partial charge on any atom is 0.118 e. The first-order valence-corrected chi connectivity index (χ1v) is 5.70. The summed E-state index contributed by atoms with van der Waals surface area (Å²) < 4.78 is 1.22. The molecule has 0 aliphatic heterocycles. The highest BCUT2D eigenvalue weighted by atomic mass is 32.1. The number of hydrogen-bond acceptors (Lipinski definition) is 3. The number of nitrogens with two attached hydrogens (primary N) is 1. The van der Waals surface area contributed by atoms with Crippen molar-refractivity contribution in [1.82, 2.24) is 4.98 Å². The summed E-state index contributed by atoms with van der Waals surface area (Å²) in [7, 11) is 0. The monoisotopic (exact) mass is 218 g/mol. The van der Waals surface area contributed by atoms with Crippen LogP contribution in [-0.4, -0.2) is 4.98 Å². The standard InChI is InChI=1S/C12H14N2S/c1-12(2)6-3-4-9-10(8-12)15-11(14-9)5-7-13/h3-8H,13H2,1-2H3/b7-5+. The maximum atomic E-state index is 5.35. The van der Waals surface area contributed by atoms with E-state index < -0.39 is 0 Å². The van der Waals surface area contributed by atoms with Gasteiger partial charge in [0.25, 0.3) is 0 Å². The summed E-state index contributed by atoms with van der Waals surface area (Å²) in [4.78, 5) is 4.48. The van der Waals surface area contributed by atoms with Gasteiger partial charge in [0.1, 0.15) is 5.01 Å². The molecule has 0 atom stereocenters. The van der Waals surface area contributed by atoms with Gasteiger partial charge in [0, 0.05) is 5.41 Å². The molecule has 15 heavy (non-hydrogen) atoms. The van der Waals surface area contributed by atoms with Crippen molar-refractivity contribution < 1.29 is 0 Å². The smallest absolute Gasteiger partial charge is 0.118 e. The number of nitrogens with zero attached hydrogens (tertiary/aromatic N) is 1.